The predicted octanol–water partition coefficient (Wildman–Crippen LogP) is 4.84. The highest BCUT2D eigenvalue weighted by molar-refractivity contribution is 9.10. The Morgan fingerprint density at radius 3 is 2.70 bits per heavy atom. The standard InChI is InChI=1S/C18H20BrN3O/c19-13-5-4-8-15(11-13)22-18(23)17-12-16(9-10-20-17)21-14-6-2-1-3-7-14/h4-5,8-12,14H,1-3,6-7H2,(H,20,21)(H,22,23). The monoisotopic (exact) mass is 373 g/mol. The molecular weight excluding hydrogens is 354 g/mol. The van der Waals surface area contributed by atoms with Crippen LogP contribution in [0.5, 0.6) is 0 Å². The Morgan fingerprint density at radius 1 is 1.09 bits per heavy atom. The van der Waals surface area contributed by atoms with Gasteiger partial charge in [0.05, 0.1) is 0 Å². The number of halogens is 1. The second-order valence-corrected chi connectivity index (χ2v) is 6.79. The number of carbonyl (C=O) groups is 1. The number of carbonyl (C=O) groups excluding carboxylic acids is 1. The highest BCUT2D eigenvalue weighted by atomic mass is 79.9. The maximum Gasteiger partial charge on any atom is 0.274 e. The number of aromatic nitrogens is 1. The number of anilines is 2. The van der Waals surface area contributed by atoms with Crippen LogP contribution in [0.2, 0.25) is 0 Å². The van der Waals surface area contributed by atoms with Crippen molar-refractivity contribution in [2.24, 2.45) is 0 Å². The largest absolute Gasteiger partial charge is 0.382 e. The maximum absolute atomic E-state index is 12.4. The second kappa shape index (κ2) is 7.59. The lowest BCUT2D eigenvalue weighted by Crippen LogP contribution is -2.22. The summed E-state index contributed by atoms with van der Waals surface area (Å²) in [5.41, 5.74) is 2.13. The van der Waals surface area contributed by atoms with E-state index < -0.39 is 0 Å². The predicted molar refractivity (Wildman–Crippen MR) is 96.8 cm³/mol. The van der Waals surface area contributed by atoms with Crippen molar-refractivity contribution in [2.75, 3.05) is 10.6 Å². The van der Waals surface area contributed by atoms with E-state index >= 15 is 0 Å². The fourth-order valence-electron chi connectivity index (χ4n) is 2.89. The Labute approximate surface area is 144 Å². The van der Waals surface area contributed by atoms with E-state index in [-0.39, 0.29) is 5.91 Å². The van der Waals surface area contributed by atoms with Crippen LogP contribution in [0.15, 0.2) is 47.1 Å². The van der Waals surface area contributed by atoms with Gasteiger partial charge in [0.15, 0.2) is 0 Å². The average molecular weight is 374 g/mol. The first kappa shape index (κ1) is 16.0. The maximum atomic E-state index is 12.4. The van der Waals surface area contributed by atoms with Gasteiger partial charge in [-0.25, -0.2) is 0 Å². The second-order valence-electron chi connectivity index (χ2n) is 5.87. The molecule has 1 aromatic carbocycles. The summed E-state index contributed by atoms with van der Waals surface area (Å²) in [6.07, 6.45) is 7.96. The Bertz CT molecular complexity index is 683. The Balaban J connectivity index is 1.67. The molecule has 1 aromatic heterocycles. The highest BCUT2D eigenvalue weighted by Crippen LogP contribution is 2.22. The van der Waals surface area contributed by atoms with Gasteiger partial charge >= 0.3 is 0 Å². The molecule has 4 nitrogen and oxygen atoms in total. The van der Waals surface area contributed by atoms with Crippen molar-refractivity contribution in [3.05, 3.63) is 52.8 Å². The first-order valence-electron chi connectivity index (χ1n) is 8.00. The van der Waals surface area contributed by atoms with Crippen LogP contribution in [0.4, 0.5) is 11.4 Å². The molecule has 1 heterocycles. The van der Waals surface area contributed by atoms with Gasteiger partial charge in [-0.15, -0.1) is 0 Å². The summed E-state index contributed by atoms with van der Waals surface area (Å²) in [5.74, 6) is -0.199. The molecular formula is C18H20BrN3O. The van der Waals surface area contributed by atoms with Gasteiger partial charge in [-0.1, -0.05) is 41.3 Å². The zero-order chi connectivity index (χ0) is 16.1. The molecule has 1 saturated carbocycles. The van der Waals surface area contributed by atoms with E-state index in [9.17, 15) is 4.79 Å². The van der Waals surface area contributed by atoms with E-state index in [1.54, 1.807) is 6.20 Å². The molecule has 1 aliphatic rings. The number of nitrogens with zero attached hydrogens (tertiary/aromatic N) is 1. The third-order valence-corrected chi connectivity index (χ3v) is 4.54. The van der Waals surface area contributed by atoms with E-state index in [1.165, 1.54) is 32.1 Å². The average Bonchev–Trinajstić information content (AvgIpc) is 2.56. The molecule has 0 spiro atoms. The van der Waals surface area contributed by atoms with E-state index in [1.807, 2.05) is 36.4 Å². The van der Waals surface area contributed by atoms with Crippen molar-refractivity contribution in [3.8, 4) is 0 Å². The van der Waals surface area contributed by atoms with E-state index in [2.05, 4.69) is 31.5 Å². The van der Waals surface area contributed by atoms with Gasteiger partial charge < -0.3 is 10.6 Å². The van der Waals surface area contributed by atoms with Crippen LogP contribution in [0.3, 0.4) is 0 Å². The number of nitrogens with one attached hydrogen (secondary N) is 2. The molecule has 1 fully saturated rings. The van der Waals surface area contributed by atoms with Crippen molar-refractivity contribution in [3.63, 3.8) is 0 Å². The Morgan fingerprint density at radius 2 is 1.91 bits per heavy atom. The quantitative estimate of drug-likeness (QED) is 0.805. The van der Waals surface area contributed by atoms with Gasteiger partial charge in [0.25, 0.3) is 5.91 Å². The summed E-state index contributed by atoms with van der Waals surface area (Å²) in [7, 11) is 0. The van der Waals surface area contributed by atoms with Crippen LogP contribution in [0, 0.1) is 0 Å². The molecule has 0 saturated heterocycles. The third kappa shape index (κ3) is 4.55. The van der Waals surface area contributed by atoms with Crippen molar-refractivity contribution in [1.29, 1.82) is 0 Å². The zero-order valence-electron chi connectivity index (χ0n) is 12.9. The van der Waals surface area contributed by atoms with Crippen LogP contribution in [0.25, 0.3) is 0 Å². The van der Waals surface area contributed by atoms with Gasteiger partial charge in [-0.05, 0) is 43.2 Å². The molecule has 0 unspecified atom stereocenters. The van der Waals surface area contributed by atoms with Crippen LogP contribution in [0.1, 0.15) is 42.6 Å². The fraction of sp³-hybridized carbons (Fsp3) is 0.333. The van der Waals surface area contributed by atoms with Crippen molar-refractivity contribution < 1.29 is 4.79 Å². The minimum absolute atomic E-state index is 0.199. The Kier molecular flexibility index (Phi) is 5.28. The van der Waals surface area contributed by atoms with Gasteiger partial charge in [0, 0.05) is 28.1 Å². The van der Waals surface area contributed by atoms with Crippen molar-refractivity contribution >= 4 is 33.2 Å². The molecule has 5 heteroatoms. The van der Waals surface area contributed by atoms with Crippen LogP contribution in [-0.2, 0) is 0 Å². The SMILES string of the molecule is O=C(Nc1cccc(Br)c1)c1cc(NC2CCCCC2)ccn1. The van der Waals surface area contributed by atoms with Gasteiger partial charge in [-0.2, -0.15) is 0 Å². The van der Waals surface area contributed by atoms with Crippen LogP contribution < -0.4 is 10.6 Å². The minimum Gasteiger partial charge on any atom is -0.382 e. The van der Waals surface area contributed by atoms with Crippen LogP contribution in [-0.4, -0.2) is 16.9 Å². The van der Waals surface area contributed by atoms with Gasteiger partial charge in [-0.3, -0.25) is 9.78 Å². The molecule has 2 aromatic rings. The van der Waals surface area contributed by atoms with Crippen LogP contribution >= 0.6 is 15.9 Å². The topological polar surface area (TPSA) is 54.0 Å². The van der Waals surface area contributed by atoms with Crippen molar-refractivity contribution in [2.45, 2.75) is 38.1 Å². The number of benzene rings is 1. The fourth-order valence-corrected chi connectivity index (χ4v) is 3.29. The normalized spacial score (nSPS) is 15.2. The summed E-state index contributed by atoms with van der Waals surface area (Å²) in [5, 5.41) is 6.39. The molecule has 3 rings (SSSR count). The lowest BCUT2D eigenvalue weighted by atomic mass is 9.95. The number of pyridine rings is 1. The molecule has 0 radical (unpaired) electrons. The van der Waals surface area contributed by atoms with E-state index in [0.29, 0.717) is 11.7 Å². The summed E-state index contributed by atoms with van der Waals surface area (Å²) in [4.78, 5) is 16.5. The lowest BCUT2D eigenvalue weighted by molar-refractivity contribution is 0.102. The molecule has 1 aliphatic carbocycles. The number of amides is 1. The van der Waals surface area contributed by atoms with E-state index in [4.69, 9.17) is 0 Å². The smallest absolute Gasteiger partial charge is 0.274 e. The number of hydrogen-bond donors (Lipinski definition) is 2. The lowest BCUT2D eigenvalue weighted by Gasteiger charge is -2.23. The highest BCUT2D eigenvalue weighted by Gasteiger charge is 2.14. The molecule has 0 bridgehead atoms. The molecule has 0 atom stereocenters. The summed E-state index contributed by atoms with van der Waals surface area (Å²) < 4.78 is 0.927. The molecule has 0 aliphatic heterocycles. The summed E-state index contributed by atoms with van der Waals surface area (Å²) in [6, 6.07) is 11.8. The van der Waals surface area contributed by atoms with Gasteiger partial charge in [0.2, 0.25) is 0 Å². The Hall–Kier alpha value is -1.88. The number of hydrogen-bond acceptors (Lipinski definition) is 3. The first-order chi connectivity index (χ1) is 11.2. The van der Waals surface area contributed by atoms with Gasteiger partial charge in [0.1, 0.15) is 5.69 Å². The third-order valence-electron chi connectivity index (χ3n) is 4.05. The molecule has 23 heavy (non-hydrogen) atoms. The molecule has 120 valence electrons. The molecule has 1 amide bonds. The van der Waals surface area contributed by atoms with E-state index in [0.717, 1.165) is 15.8 Å². The van der Waals surface area contributed by atoms with Crippen molar-refractivity contribution in [1.82, 2.24) is 4.98 Å². The zero-order valence-corrected chi connectivity index (χ0v) is 14.5. The molecule has 2 N–H and O–H groups in total. The number of rotatable bonds is 4. The summed E-state index contributed by atoms with van der Waals surface area (Å²) in [6.45, 7) is 0. The summed E-state index contributed by atoms with van der Waals surface area (Å²) >= 11 is 3.40. The minimum atomic E-state index is -0.199. The first-order valence-corrected chi connectivity index (χ1v) is 8.79.